The lowest BCUT2D eigenvalue weighted by molar-refractivity contribution is 0.164. The highest BCUT2D eigenvalue weighted by molar-refractivity contribution is 6.30. The first-order chi connectivity index (χ1) is 7.15. The lowest BCUT2D eigenvalue weighted by Crippen LogP contribution is -2.02. The standard InChI is InChI=1S/C12H18ClNO/c1-2-3-4-5-12(15)10-7-6-9(13)8-11(10)14/h6-8,12,15H,2-5,14H2,1H3. The van der Waals surface area contributed by atoms with E-state index in [-0.39, 0.29) is 0 Å². The van der Waals surface area contributed by atoms with E-state index in [2.05, 4.69) is 6.92 Å². The molecule has 1 aromatic rings. The molecule has 3 N–H and O–H groups in total. The maximum atomic E-state index is 9.90. The smallest absolute Gasteiger partial charge is 0.0809 e. The van der Waals surface area contributed by atoms with Crippen LogP contribution in [0.25, 0.3) is 0 Å². The van der Waals surface area contributed by atoms with Crippen molar-refractivity contribution in [1.29, 1.82) is 0 Å². The molecule has 0 aliphatic carbocycles. The molecule has 15 heavy (non-hydrogen) atoms. The molecule has 3 heteroatoms. The summed E-state index contributed by atoms with van der Waals surface area (Å²) in [6.07, 6.45) is 3.63. The highest BCUT2D eigenvalue weighted by atomic mass is 35.5. The van der Waals surface area contributed by atoms with Crippen molar-refractivity contribution in [2.75, 3.05) is 5.73 Å². The van der Waals surface area contributed by atoms with Crippen molar-refractivity contribution in [3.05, 3.63) is 28.8 Å². The first-order valence-corrected chi connectivity index (χ1v) is 5.76. The molecule has 1 unspecified atom stereocenters. The minimum absolute atomic E-state index is 0.464. The van der Waals surface area contributed by atoms with E-state index in [9.17, 15) is 5.11 Å². The lowest BCUT2D eigenvalue weighted by Gasteiger charge is -2.13. The SMILES string of the molecule is CCCCCC(O)c1ccc(Cl)cc1N. The number of benzene rings is 1. The summed E-state index contributed by atoms with van der Waals surface area (Å²) in [4.78, 5) is 0. The van der Waals surface area contributed by atoms with Gasteiger partial charge in [0, 0.05) is 16.3 Å². The van der Waals surface area contributed by atoms with Crippen molar-refractivity contribution in [3.8, 4) is 0 Å². The Bertz CT molecular complexity index is 314. The fourth-order valence-electron chi connectivity index (χ4n) is 1.59. The number of hydrogen-bond donors (Lipinski definition) is 2. The summed E-state index contributed by atoms with van der Waals surface area (Å²) in [6, 6.07) is 5.24. The predicted octanol–water partition coefficient (Wildman–Crippen LogP) is 3.54. The summed E-state index contributed by atoms with van der Waals surface area (Å²) in [5.41, 5.74) is 7.15. The molecular weight excluding hydrogens is 210 g/mol. The second-order valence-electron chi connectivity index (χ2n) is 3.78. The van der Waals surface area contributed by atoms with Crippen LogP contribution in [0.5, 0.6) is 0 Å². The van der Waals surface area contributed by atoms with Gasteiger partial charge in [-0.2, -0.15) is 0 Å². The van der Waals surface area contributed by atoms with Crippen molar-refractivity contribution >= 4 is 17.3 Å². The van der Waals surface area contributed by atoms with Crippen LogP contribution in [0.3, 0.4) is 0 Å². The monoisotopic (exact) mass is 227 g/mol. The molecule has 0 saturated heterocycles. The van der Waals surface area contributed by atoms with Gasteiger partial charge in [0.1, 0.15) is 0 Å². The van der Waals surface area contributed by atoms with Gasteiger partial charge in [-0.1, -0.05) is 43.9 Å². The van der Waals surface area contributed by atoms with E-state index in [1.807, 2.05) is 0 Å². The van der Waals surface area contributed by atoms with Crippen molar-refractivity contribution in [2.24, 2.45) is 0 Å². The molecule has 0 radical (unpaired) electrons. The summed E-state index contributed by atoms with van der Waals surface area (Å²) in [7, 11) is 0. The highest BCUT2D eigenvalue weighted by Gasteiger charge is 2.10. The molecule has 0 amide bonds. The van der Waals surface area contributed by atoms with Gasteiger partial charge in [0.2, 0.25) is 0 Å². The van der Waals surface area contributed by atoms with Gasteiger partial charge in [0.25, 0.3) is 0 Å². The van der Waals surface area contributed by atoms with E-state index in [1.165, 1.54) is 0 Å². The van der Waals surface area contributed by atoms with Gasteiger partial charge in [0.05, 0.1) is 6.10 Å². The Morgan fingerprint density at radius 2 is 2.13 bits per heavy atom. The number of aliphatic hydroxyl groups excluding tert-OH is 1. The van der Waals surface area contributed by atoms with Crippen molar-refractivity contribution in [2.45, 2.75) is 38.7 Å². The quantitative estimate of drug-likeness (QED) is 0.597. The van der Waals surface area contributed by atoms with Gasteiger partial charge in [-0.25, -0.2) is 0 Å². The zero-order valence-corrected chi connectivity index (χ0v) is 9.80. The Labute approximate surface area is 96.1 Å². The third kappa shape index (κ3) is 3.73. The first kappa shape index (κ1) is 12.3. The molecule has 0 aliphatic rings. The second-order valence-corrected chi connectivity index (χ2v) is 4.22. The summed E-state index contributed by atoms with van der Waals surface area (Å²) in [6.45, 7) is 2.14. The topological polar surface area (TPSA) is 46.2 Å². The first-order valence-electron chi connectivity index (χ1n) is 5.38. The Morgan fingerprint density at radius 3 is 2.73 bits per heavy atom. The van der Waals surface area contributed by atoms with Crippen LogP contribution in [0, 0.1) is 0 Å². The normalized spacial score (nSPS) is 12.7. The largest absolute Gasteiger partial charge is 0.398 e. The van der Waals surface area contributed by atoms with E-state index in [4.69, 9.17) is 17.3 Å². The Morgan fingerprint density at radius 1 is 1.40 bits per heavy atom. The van der Waals surface area contributed by atoms with Crippen LogP contribution in [-0.4, -0.2) is 5.11 Å². The number of nitrogens with two attached hydrogens (primary N) is 1. The van der Waals surface area contributed by atoms with E-state index < -0.39 is 6.10 Å². The number of aliphatic hydroxyl groups is 1. The molecule has 0 fully saturated rings. The molecule has 1 aromatic carbocycles. The summed E-state index contributed by atoms with van der Waals surface area (Å²) < 4.78 is 0. The number of unbranched alkanes of at least 4 members (excludes halogenated alkanes) is 2. The summed E-state index contributed by atoms with van der Waals surface area (Å²) in [5, 5.41) is 10.5. The molecular formula is C12H18ClNO. The number of nitrogen functional groups attached to an aromatic ring is 1. The van der Waals surface area contributed by atoms with Crippen LogP contribution in [0.4, 0.5) is 5.69 Å². The summed E-state index contributed by atoms with van der Waals surface area (Å²) in [5.74, 6) is 0. The van der Waals surface area contributed by atoms with Crippen molar-refractivity contribution in [1.82, 2.24) is 0 Å². The molecule has 1 atom stereocenters. The van der Waals surface area contributed by atoms with Gasteiger partial charge < -0.3 is 10.8 Å². The molecule has 2 nitrogen and oxygen atoms in total. The van der Waals surface area contributed by atoms with Crippen LogP contribution < -0.4 is 5.73 Å². The Kier molecular flexibility index (Phi) is 4.92. The van der Waals surface area contributed by atoms with Crippen LogP contribution in [0.1, 0.15) is 44.3 Å². The molecule has 0 saturated carbocycles. The van der Waals surface area contributed by atoms with Crippen LogP contribution in [-0.2, 0) is 0 Å². The lowest BCUT2D eigenvalue weighted by atomic mass is 10.0. The molecule has 0 aromatic heterocycles. The van der Waals surface area contributed by atoms with Crippen LogP contribution in [0.2, 0.25) is 5.02 Å². The van der Waals surface area contributed by atoms with Gasteiger partial charge in [-0.3, -0.25) is 0 Å². The summed E-state index contributed by atoms with van der Waals surface area (Å²) >= 11 is 5.79. The predicted molar refractivity (Wildman–Crippen MR) is 65.0 cm³/mol. The number of anilines is 1. The Hall–Kier alpha value is -0.730. The van der Waals surface area contributed by atoms with Crippen LogP contribution >= 0.6 is 11.6 Å². The van der Waals surface area contributed by atoms with Gasteiger partial charge in [-0.05, 0) is 18.6 Å². The fraction of sp³-hybridized carbons (Fsp3) is 0.500. The van der Waals surface area contributed by atoms with E-state index in [0.717, 1.165) is 31.2 Å². The minimum atomic E-state index is -0.464. The average Bonchev–Trinajstić information content (AvgIpc) is 2.17. The number of hydrogen-bond acceptors (Lipinski definition) is 2. The van der Waals surface area contributed by atoms with E-state index >= 15 is 0 Å². The van der Waals surface area contributed by atoms with Crippen LogP contribution in [0.15, 0.2) is 18.2 Å². The van der Waals surface area contributed by atoms with E-state index in [0.29, 0.717) is 10.7 Å². The molecule has 0 aliphatic heterocycles. The molecule has 84 valence electrons. The maximum Gasteiger partial charge on any atom is 0.0809 e. The molecule has 1 rings (SSSR count). The Balaban J connectivity index is 2.61. The number of halogens is 1. The fourth-order valence-corrected chi connectivity index (χ4v) is 1.77. The average molecular weight is 228 g/mol. The van der Waals surface area contributed by atoms with Gasteiger partial charge >= 0.3 is 0 Å². The molecule has 0 spiro atoms. The zero-order valence-electron chi connectivity index (χ0n) is 9.04. The minimum Gasteiger partial charge on any atom is -0.398 e. The van der Waals surface area contributed by atoms with Gasteiger partial charge in [-0.15, -0.1) is 0 Å². The highest BCUT2D eigenvalue weighted by Crippen LogP contribution is 2.27. The number of rotatable bonds is 5. The van der Waals surface area contributed by atoms with E-state index in [1.54, 1.807) is 18.2 Å². The third-order valence-electron chi connectivity index (χ3n) is 2.49. The zero-order chi connectivity index (χ0) is 11.3. The second kappa shape index (κ2) is 5.99. The molecule has 0 heterocycles. The maximum absolute atomic E-state index is 9.90. The van der Waals surface area contributed by atoms with Crippen molar-refractivity contribution in [3.63, 3.8) is 0 Å². The van der Waals surface area contributed by atoms with Gasteiger partial charge in [0.15, 0.2) is 0 Å². The molecule has 0 bridgehead atoms. The third-order valence-corrected chi connectivity index (χ3v) is 2.72. The van der Waals surface area contributed by atoms with Crippen molar-refractivity contribution < 1.29 is 5.11 Å².